The van der Waals surface area contributed by atoms with Crippen LogP contribution in [-0.2, 0) is 4.79 Å². The van der Waals surface area contributed by atoms with Gasteiger partial charge in [0.1, 0.15) is 0 Å². The maximum absolute atomic E-state index is 13.0. The van der Waals surface area contributed by atoms with Crippen molar-refractivity contribution in [2.45, 2.75) is 41.5 Å². The van der Waals surface area contributed by atoms with Crippen molar-refractivity contribution in [3.8, 4) is 17.2 Å². The smallest absolute Gasteiger partial charge is 0.255 e. The number of rotatable bonds is 13. The molecule has 0 atom stereocenters. The number of ether oxygens (including phenoxy) is 3. The van der Waals surface area contributed by atoms with Gasteiger partial charge in [0.2, 0.25) is 11.7 Å². The normalized spacial score (nSPS) is 10.7. The van der Waals surface area contributed by atoms with Crippen LogP contribution in [0.3, 0.4) is 0 Å². The molecule has 0 saturated carbocycles. The second-order valence-electron chi connectivity index (χ2n) is 7.59. The van der Waals surface area contributed by atoms with Crippen molar-refractivity contribution in [2.75, 3.05) is 50.1 Å². The van der Waals surface area contributed by atoms with E-state index in [1.165, 1.54) is 0 Å². The lowest BCUT2D eigenvalue weighted by Gasteiger charge is -2.18. The summed E-state index contributed by atoms with van der Waals surface area (Å²) in [5.41, 5.74) is 2.58. The lowest BCUT2D eigenvalue weighted by Crippen LogP contribution is -2.33. The van der Waals surface area contributed by atoms with E-state index in [0.29, 0.717) is 60.6 Å². The van der Waals surface area contributed by atoms with Gasteiger partial charge in [0, 0.05) is 16.9 Å². The highest BCUT2D eigenvalue weighted by atomic mass is 16.5. The highest BCUT2D eigenvalue weighted by Crippen LogP contribution is 2.39. The molecule has 0 aliphatic carbocycles. The highest BCUT2D eigenvalue weighted by molar-refractivity contribution is 6.05. The van der Waals surface area contributed by atoms with Gasteiger partial charge in [-0.25, -0.2) is 0 Å². The van der Waals surface area contributed by atoms with Gasteiger partial charge in [0.15, 0.2) is 11.5 Å². The van der Waals surface area contributed by atoms with Crippen LogP contribution in [0.5, 0.6) is 17.2 Å². The Bertz CT molecular complexity index is 946. The summed E-state index contributed by atoms with van der Waals surface area (Å²) >= 11 is 0. The maximum Gasteiger partial charge on any atom is 0.255 e. The minimum Gasteiger partial charge on any atom is -0.490 e. The van der Waals surface area contributed by atoms with E-state index in [4.69, 9.17) is 14.2 Å². The van der Waals surface area contributed by atoms with E-state index < -0.39 is 0 Å². The third-order valence-corrected chi connectivity index (χ3v) is 5.19. The third kappa shape index (κ3) is 7.38. The number of hydrogen-bond donors (Lipinski definition) is 2. The first kappa shape index (κ1) is 27.0. The number of anilines is 2. The predicted octanol–water partition coefficient (Wildman–Crippen LogP) is 4.72. The molecular formula is C26H37N3O5. The first-order chi connectivity index (χ1) is 16.4. The fraction of sp³-hybridized carbons (Fsp3) is 0.462. The Balaban J connectivity index is 2.20. The molecule has 0 aliphatic heterocycles. The van der Waals surface area contributed by atoms with E-state index in [2.05, 4.69) is 10.6 Å². The van der Waals surface area contributed by atoms with Crippen molar-refractivity contribution in [1.82, 2.24) is 4.90 Å². The molecular weight excluding hydrogens is 434 g/mol. The van der Waals surface area contributed by atoms with E-state index in [1.807, 2.05) is 52.5 Å². The molecule has 8 heteroatoms. The molecule has 2 amide bonds. The number of carbonyl (C=O) groups is 2. The van der Waals surface area contributed by atoms with Gasteiger partial charge in [0.25, 0.3) is 5.91 Å². The molecule has 0 radical (unpaired) electrons. The Hall–Kier alpha value is -3.26. The molecule has 0 bridgehead atoms. The summed E-state index contributed by atoms with van der Waals surface area (Å²) in [6, 6.07) is 8.69. The topological polar surface area (TPSA) is 89.1 Å². The number of hydrogen-bond acceptors (Lipinski definition) is 6. The summed E-state index contributed by atoms with van der Waals surface area (Å²) in [5.74, 6) is 1.04. The monoisotopic (exact) mass is 471 g/mol. The van der Waals surface area contributed by atoms with Gasteiger partial charge < -0.3 is 24.8 Å². The van der Waals surface area contributed by atoms with Gasteiger partial charge in [-0.2, -0.15) is 0 Å². The zero-order valence-electron chi connectivity index (χ0n) is 21.1. The van der Waals surface area contributed by atoms with Crippen LogP contribution in [-0.4, -0.2) is 56.2 Å². The van der Waals surface area contributed by atoms with Gasteiger partial charge in [-0.15, -0.1) is 0 Å². The molecule has 0 aliphatic rings. The van der Waals surface area contributed by atoms with Crippen LogP contribution >= 0.6 is 0 Å². The van der Waals surface area contributed by atoms with Crippen molar-refractivity contribution in [2.24, 2.45) is 0 Å². The zero-order chi connectivity index (χ0) is 25.1. The fourth-order valence-corrected chi connectivity index (χ4v) is 3.44. The molecule has 0 unspecified atom stereocenters. The molecule has 2 aromatic carbocycles. The van der Waals surface area contributed by atoms with Gasteiger partial charge in [-0.1, -0.05) is 13.8 Å². The Labute approximate surface area is 202 Å². The first-order valence-electron chi connectivity index (χ1n) is 11.9. The van der Waals surface area contributed by atoms with Gasteiger partial charge >= 0.3 is 0 Å². The number of benzene rings is 2. The third-order valence-electron chi connectivity index (χ3n) is 5.19. The Morgan fingerprint density at radius 3 is 1.91 bits per heavy atom. The molecule has 0 aromatic heterocycles. The van der Waals surface area contributed by atoms with Crippen molar-refractivity contribution in [1.29, 1.82) is 0 Å². The summed E-state index contributed by atoms with van der Waals surface area (Å²) in [5, 5.41) is 5.85. The van der Waals surface area contributed by atoms with E-state index >= 15 is 0 Å². The van der Waals surface area contributed by atoms with Crippen LogP contribution < -0.4 is 24.8 Å². The Morgan fingerprint density at radius 1 is 0.824 bits per heavy atom. The maximum atomic E-state index is 13.0. The van der Waals surface area contributed by atoms with Gasteiger partial charge in [-0.05, 0) is 76.7 Å². The quantitative estimate of drug-likeness (QED) is 0.439. The summed E-state index contributed by atoms with van der Waals surface area (Å²) < 4.78 is 17.1. The van der Waals surface area contributed by atoms with E-state index in [1.54, 1.807) is 24.3 Å². The standard InChI is InChI=1S/C26H37N3O5/c1-7-29(8-2)17-24(30)28-21-13-12-20(14-18(21)6)27-26(31)19-15-22(32-9-3)25(34-11-5)23(16-19)33-10-4/h12-16H,7-11,17H2,1-6H3,(H,27,31)(H,28,30). The summed E-state index contributed by atoms with van der Waals surface area (Å²) in [4.78, 5) is 27.4. The van der Waals surface area contributed by atoms with Crippen LogP contribution in [0.4, 0.5) is 11.4 Å². The van der Waals surface area contributed by atoms with E-state index in [9.17, 15) is 9.59 Å². The van der Waals surface area contributed by atoms with Crippen LogP contribution in [0.1, 0.15) is 50.5 Å². The molecule has 2 aromatic rings. The lowest BCUT2D eigenvalue weighted by molar-refractivity contribution is -0.117. The second kappa shape index (κ2) is 13.4. The number of likely N-dealkylation sites (N-methyl/N-ethyl adjacent to an activating group) is 1. The number of amides is 2. The predicted molar refractivity (Wildman–Crippen MR) is 135 cm³/mol. The zero-order valence-corrected chi connectivity index (χ0v) is 21.1. The van der Waals surface area contributed by atoms with Gasteiger partial charge in [0.05, 0.1) is 26.4 Å². The molecule has 186 valence electrons. The van der Waals surface area contributed by atoms with Gasteiger partial charge in [-0.3, -0.25) is 14.5 Å². The molecule has 0 fully saturated rings. The largest absolute Gasteiger partial charge is 0.490 e. The van der Waals surface area contributed by atoms with Crippen LogP contribution in [0.25, 0.3) is 0 Å². The molecule has 0 spiro atoms. The summed E-state index contributed by atoms with van der Waals surface area (Å²) in [6.07, 6.45) is 0. The average molecular weight is 472 g/mol. The van der Waals surface area contributed by atoms with E-state index in [-0.39, 0.29) is 11.8 Å². The molecule has 2 rings (SSSR count). The van der Waals surface area contributed by atoms with Crippen molar-refractivity contribution < 1.29 is 23.8 Å². The van der Waals surface area contributed by atoms with Crippen LogP contribution in [0.2, 0.25) is 0 Å². The molecule has 34 heavy (non-hydrogen) atoms. The Morgan fingerprint density at radius 2 is 1.41 bits per heavy atom. The molecule has 8 nitrogen and oxygen atoms in total. The second-order valence-corrected chi connectivity index (χ2v) is 7.59. The minimum atomic E-state index is -0.303. The fourth-order valence-electron chi connectivity index (χ4n) is 3.44. The minimum absolute atomic E-state index is 0.0649. The molecule has 0 heterocycles. The SMILES string of the molecule is CCOc1cc(C(=O)Nc2ccc(NC(=O)CN(CC)CC)c(C)c2)cc(OCC)c1OCC. The van der Waals surface area contributed by atoms with Crippen molar-refractivity contribution >= 4 is 23.2 Å². The first-order valence-corrected chi connectivity index (χ1v) is 11.9. The number of nitrogens with one attached hydrogen (secondary N) is 2. The lowest BCUT2D eigenvalue weighted by atomic mass is 10.1. The van der Waals surface area contributed by atoms with E-state index in [0.717, 1.165) is 18.7 Å². The molecule has 0 saturated heterocycles. The summed E-state index contributed by atoms with van der Waals surface area (Å²) in [6.45, 7) is 14.8. The average Bonchev–Trinajstić information content (AvgIpc) is 2.81. The van der Waals surface area contributed by atoms with Crippen molar-refractivity contribution in [3.63, 3.8) is 0 Å². The highest BCUT2D eigenvalue weighted by Gasteiger charge is 2.19. The molecule has 2 N–H and O–H groups in total. The number of carbonyl (C=O) groups excluding carboxylic acids is 2. The number of aryl methyl sites for hydroxylation is 1. The van der Waals surface area contributed by atoms with Crippen molar-refractivity contribution in [3.05, 3.63) is 41.5 Å². The summed E-state index contributed by atoms with van der Waals surface area (Å²) in [7, 11) is 0. The van der Waals surface area contributed by atoms with Crippen LogP contribution in [0, 0.1) is 6.92 Å². The Kier molecular flexibility index (Phi) is 10.7. The van der Waals surface area contributed by atoms with Crippen LogP contribution in [0.15, 0.2) is 30.3 Å². The number of nitrogens with zero attached hydrogens (tertiary/aromatic N) is 1.